The summed E-state index contributed by atoms with van der Waals surface area (Å²) < 4.78 is 37.9. The van der Waals surface area contributed by atoms with Crippen molar-refractivity contribution in [2.24, 2.45) is 0 Å². The first-order chi connectivity index (χ1) is 10.4. The fraction of sp³-hybridized carbons (Fsp3) is 0.357. The second-order valence-electron chi connectivity index (χ2n) is 4.93. The zero-order valence-electron chi connectivity index (χ0n) is 11.5. The number of para-hydroxylation sites is 1. The van der Waals surface area contributed by atoms with E-state index in [2.05, 4.69) is 9.88 Å². The molecule has 3 nitrogen and oxygen atoms in total. The lowest BCUT2D eigenvalue weighted by atomic mass is 10.2. The van der Waals surface area contributed by atoms with Gasteiger partial charge in [0.1, 0.15) is 4.88 Å². The number of nitrogens with zero attached hydrogens (tertiary/aromatic N) is 3. The normalized spacial score (nSPS) is 16.2. The van der Waals surface area contributed by atoms with Crippen molar-refractivity contribution in [3.8, 4) is 0 Å². The van der Waals surface area contributed by atoms with E-state index in [1.54, 1.807) is 0 Å². The van der Waals surface area contributed by atoms with Crippen LogP contribution in [0.15, 0.2) is 30.5 Å². The van der Waals surface area contributed by atoms with Gasteiger partial charge in [-0.3, -0.25) is 0 Å². The molecule has 0 radical (unpaired) electrons. The highest BCUT2D eigenvalue weighted by atomic mass is 35.5. The molecular weight excluding hydrogens is 335 g/mol. The predicted molar refractivity (Wildman–Crippen MR) is 83.0 cm³/mol. The third-order valence-electron chi connectivity index (χ3n) is 3.52. The molecule has 0 spiro atoms. The van der Waals surface area contributed by atoms with Crippen LogP contribution in [0.4, 0.5) is 24.0 Å². The molecule has 1 saturated heterocycles. The molecule has 2 heterocycles. The van der Waals surface area contributed by atoms with Crippen LogP contribution in [0.3, 0.4) is 0 Å². The van der Waals surface area contributed by atoms with Gasteiger partial charge in [0.15, 0.2) is 5.13 Å². The Balaban J connectivity index is 1.67. The van der Waals surface area contributed by atoms with Crippen molar-refractivity contribution in [2.45, 2.75) is 6.18 Å². The van der Waals surface area contributed by atoms with Crippen LogP contribution in [0.25, 0.3) is 0 Å². The maximum absolute atomic E-state index is 12.6. The van der Waals surface area contributed by atoms with Gasteiger partial charge in [-0.2, -0.15) is 13.2 Å². The molecular formula is C14H13ClF3N3S. The van der Waals surface area contributed by atoms with Crippen LogP contribution in [0.2, 0.25) is 5.02 Å². The smallest absolute Gasteiger partial charge is 0.367 e. The lowest BCUT2D eigenvalue weighted by Gasteiger charge is -2.36. The lowest BCUT2D eigenvalue weighted by Crippen LogP contribution is -2.46. The number of alkyl halides is 3. The minimum Gasteiger partial charge on any atom is -0.367 e. The van der Waals surface area contributed by atoms with Gasteiger partial charge in [0.05, 0.1) is 16.9 Å². The molecule has 0 aliphatic carbocycles. The Morgan fingerprint density at radius 3 is 2.27 bits per heavy atom. The average Bonchev–Trinajstić information content (AvgIpc) is 2.98. The highest BCUT2D eigenvalue weighted by molar-refractivity contribution is 7.15. The van der Waals surface area contributed by atoms with Gasteiger partial charge in [-0.1, -0.05) is 35.1 Å². The van der Waals surface area contributed by atoms with Gasteiger partial charge in [-0.25, -0.2) is 4.98 Å². The van der Waals surface area contributed by atoms with Crippen molar-refractivity contribution in [2.75, 3.05) is 36.0 Å². The molecule has 1 fully saturated rings. The number of rotatable bonds is 2. The van der Waals surface area contributed by atoms with E-state index in [9.17, 15) is 13.2 Å². The second-order valence-corrected chi connectivity index (χ2v) is 6.35. The number of thiazole rings is 1. The summed E-state index contributed by atoms with van der Waals surface area (Å²) in [7, 11) is 0. The first-order valence-corrected chi connectivity index (χ1v) is 7.92. The molecule has 0 bridgehead atoms. The van der Waals surface area contributed by atoms with Crippen LogP contribution in [-0.2, 0) is 6.18 Å². The summed E-state index contributed by atoms with van der Waals surface area (Å²) in [4.78, 5) is 7.26. The molecule has 2 aromatic rings. The number of hydrogen-bond acceptors (Lipinski definition) is 4. The SMILES string of the molecule is FC(F)(F)c1cnc(N2CCN(c3ccccc3Cl)CC2)s1. The van der Waals surface area contributed by atoms with Crippen LogP contribution in [0, 0.1) is 0 Å². The number of halogens is 4. The summed E-state index contributed by atoms with van der Waals surface area (Å²) >= 11 is 6.87. The van der Waals surface area contributed by atoms with Gasteiger partial charge < -0.3 is 9.80 Å². The topological polar surface area (TPSA) is 19.4 Å². The lowest BCUT2D eigenvalue weighted by molar-refractivity contribution is -0.134. The minimum atomic E-state index is -4.32. The second kappa shape index (κ2) is 5.96. The number of piperazine rings is 1. The van der Waals surface area contributed by atoms with Crippen molar-refractivity contribution in [1.82, 2.24) is 4.98 Å². The maximum Gasteiger partial charge on any atom is 0.427 e. The van der Waals surface area contributed by atoms with Crippen molar-refractivity contribution < 1.29 is 13.2 Å². The first-order valence-electron chi connectivity index (χ1n) is 6.72. The maximum atomic E-state index is 12.6. The summed E-state index contributed by atoms with van der Waals surface area (Å²) in [6.45, 7) is 2.64. The van der Waals surface area contributed by atoms with Crippen LogP contribution in [0.5, 0.6) is 0 Å². The van der Waals surface area contributed by atoms with Crippen molar-refractivity contribution in [3.05, 3.63) is 40.4 Å². The molecule has 0 unspecified atom stereocenters. The Kier molecular flexibility index (Phi) is 4.18. The van der Waals surface area contributed by atoms with Crippen LogP contribution in [-0.4, -0.2) is 31.2 Å². The molecule has 118 valence electrons. The standard InChI is InChI=1S/C14H13ClF3N3S/c15-10-3-1-2-4-11(10)20-5-7-21(8-6-20)13-19-9-12(22-13)14(16,17)18/h1-4,9H,5-8H2. The Morgan fingerprint density at radius 2 is 1.68 bits per heavy atom. The summed E-state index contributed by atoms with van der Waals surface area (Å²) in [5.41, 5.74) is 0.957. The highest BCUT2D eigenvalue weighted by Gasteiger charge is 2.34. The van der Waals surface area contributed by atoms with Gasteiger partial charge in [-0.05, 0) is 12.1 Å². The van der Waals surface area contributed by atoms with E-state index < -0.39 is 11.1 Å². The summed E-state index contributed by atoms with van der Waals surface area (Å²) in [6, 6.07) is 7.57. The molecule has 3 rings (SSSR count). The monoisotopic (exact) mass is 347 g/mol. The molecule has 1 aromatic carbocycles. The number of benzene rings is 1. The number of anilines is 2. The predicted octanol–water partition coefficient (Wildman–Crippen LogP) is 4.14. The van der Waals surface area contributed by atoms with Gasteiger partial charge in [-0.15, -0.1) is 0 Å². The number of hydrogen-bond donors (Lipinski definition) is 0. The van der Waals surface area contributed by atoms with E-state index >= 15 is 0 Å². The molecule has 0 amide bonds. The fourth-order valence-electron chi connectivity index (χ4n) is 2.39. The van der Waals surface area contributed by atoms with Crippen molar-refractivity contribution >= 4 is 33.8 Å². The van der Waals surface area contributed by atoms with Crippen LogP contribution >= 0.6 is 22.9 Å². The molecule has 0 saturated carbocycles. The van der Waals surface area contributed by atoms with Gasteiger partial charge >= 0.3 is 6.18 Å². The molecule has 0 atom stereocenters. The molecule has 1 aliphatic heterocycles. The zero-order chi connectivity index (χ0) is 15.7. The van der Waals surface area contributed by atoms with E-state index in [0.717, 1.165) is 11.9 Å². The molecule has 8 heteroatoms. The summed E-state index contributed by atoms with van der Waals surface area (Å²) in [6.07, 6.45) is -3.42. The quantitative estimate of drug-likeness (QED) is 0.814. The van der Waals surface area contributed by atoms with Crippen molar-refractivity contribution in [1.29, 1.82) is 0 Å². The van der Waals surface area contributed by atoms with E-state index in [1.807, 2.05) is 29.2 Å². The Bertz CT molecular complexity index is 651. The Hall–Kier alpha value is -1.47. The van der Waals surface area contributed by atoms with Gasteiger partial charge in [0.2, 0.25) is 0 Å². The van der Waals surface area contributed by atoms with E-state index in [-0.39, 0.29) is 0 Å². The molecule has 1 aromatic heterocycles. The average molecular weight is 348 g/mol. The molecule has 22 heavy (non-hydrogen) atoms. The Labute approximate surface area is 134 Å². The zero-order valence-corrected chi connectivity index (χ0v) is 13.0. The van der Waals surface area contributed by atoms with Gasteiger partial charge in [0, 0.05) is 26.2 Å². The van der Waals surface area contributed by atoms with E-state index in [1.165, 1.54) is 0 Å². The fourth-order valence-corrected chi connectivity index (χ4v) is 3.48. The highest BCUT2D eigenvalue weighted by Crippen LogP contribution is 2.36. The number of aromatic nitrogens is 1. The summed E-state index contributed by atoms with van der Waals surface area (Å²) in [5, 5.41) is 1.11. The first kappa shape index (κ1) is 15.4. The van der Waals surface area contributed by atoms with Gasteiger partial charge in [0.25, 0.3) is 0 Å². The minimum absolute atomic E-state index is 0.422. The molecule has 0 N–H and O–H groups in total. The third kappa shape index (κ3) is 3.15. The van der Waals surface area contributed by atoms with Crippen LogP contribution in [0.1, 0.15) is 4.88 Å². The van der Waals surface area contributed by atoms with Crippen molar-refractivity contribution in [3.63, 3.8) is 0 Å². The third-order valence-corrected chi connectivity index (χ3v) is 4.94. The Morgan fingerprint density at radius 1 is 1.05 bits per heavy atom. The summed E-state index contributed by atoms with van der Waals surface area (Å²) in [5.74, 6) is 0. The molecule has 1 aliphatic rings. The van der Waals surface area contributed by atoms with E-state index in [0.29, 0.717) is 47.7 Å². The largest absolute Gasteiger partial charge is 0.427 e. The van der Waals surface area contributed by atoms with Crippen LogP contribution < -0.4 is 9.80 Å². The van der Waals surface area contributed by atoms with E-state index in [4.69, 9.17) is 11.6 Å².